The van der Waals surface area contributed by atoms with Crippen LogP contribution in [-0.2, 0) is 4.74 Å². The largest absolute Gasteiger partial charge is 0.395 e. The van der Waals surface area contributed by atoms with E-state index in [0.29, 0.717) is 13.2 Å². The molecule has 3 atom stereocenters. The number of aryl methyl sites for hydroxylation is 1. The van der Waals surface area contributed by atoms with Crippen molar-refractivity contribution in [2.45, 2.75) is 38.4 Å². The van der Waals surface area contributed by atoms with Gasteiger partial charge in [-0.1, -0.05) is 6.92 Å². The first-order valence-corrected chi connectivity index (χ1v) is 7.75. The Morgan fingerprint density at radius 3 is 2.95 bits per heavy atom. The van der Waals surface area contributed by atoms with Crippen molar-refractivity contribution in [3.8, 4) is 0 Å². The maximum Gasteiger partial charge on any atom is 0.0645 e. The molecule has 0 amide bonds. The molecule has 0 spiro atoms. The van der Waals surface area contributed by atoms with Gasteiger partial charge in [0.2, 0.25) is 0 Å². The van der Waals surface area contributed by atoms with E-state index in [0.717, 1.165) is 13.0 Å². The number of thiophene rings is 1. The molecule has 1 fully saturated rings. The van der Waals surface area contributed by atoms with Crippen molar-refractivity contribution in [3.63, 3.8) is 0 Å². The van der Waals surface area contributed by atoms with Crippen LogP contribution in [0.1, 0.15) is 29.1 Å². The third-order valence-electron chi connectivity index (χ3n) is 3.77. The van der Waals surface area contributed by atoms with Crippen LogP contribution in [0.25, 0.3) is 0 Å². The molecule has 2 heterocycles. The zero-order chi connectivity index (χ0) is 13.8. The van der Waals surface area contributed by atoms with Gasteiger partial charge < -0.3 is 15.6 Å². The van der Waals surface area contributed by atoms with Crippen molar-refractivity contribution in [1.82, 2.24) is 4.90 Å². The molecule has 2 rings (SSSR count). The molecule has 0 aliphatic carbocycles. The Kier molecular flexibility index (Phi) is 5.36. The lowest BCUT2D eigenvalue weighted by Gasteiger charge is -2.42. The van der Waals surface area contributed by atoms with Gasteiger partial charge in [0.1, 0.15) is 0 Å². The van der Waals surface area contributed by atoms with Crippen LogP contribution in [0, 0.1) is 6.92 Å². The Morgan fingerprint density at radius 1 is 1.58 bits per heavy atom. The predicted octanol–water partition coefficient (Wildman–Crippen LogP) is 1.53. The average molecular weight is 284 g/mol. The Bertz CT molecular complexity index is 397. The van der Waals surface area contributed by atoms with Gasteiger partial charge in [-0.25, -0.2) is 0 Å². The van der Waals surface area contributed by atoms with E-state index in [4.69, 9.17) is 10.5 Å². The minimum atomic E-state index is 0.0544. The quantitative estimate of drug-likeness (QED) is 0.861. The number of morpholine rings is 1. The second-order valence-electron chi connectivity index (χ2n) is 5.11. The SMILES string of the molecule is CCC(N)C(c1ccc(C)s1)N1CCOCC1CO. The van der Waals surface area contributed by atoms with Gasteiger partial charge in [-0.3, -0.25) is 4.90 Å². The Labute approximate surface area is 119 Å². The highest BCUT2D eigenvalue weighted by molar-refractivity contribution is 7.12. The summed E-state index contributed by atoms with van der Waals surface area (Å²) in [4.78, 5) is 4.92. The number of rotatable bonds is 5. The van der Waals surface area contributed by atoms with Gasteiger partial charge >= 0.3 is 0 Å². The molecule has 5 heteroatoms. The van der Waals surface area contributed by atoms with Crippen LogP contribution in [0.2, 0.25) is 0 Å². The maximum atomic E-state index is 9.56. The van der Waals surface area contributed by atoms with E-state index < -0.39 is 0 Å². The van der Waals surface area contributed by atoms with Crippen molar-refractivity contribution in [3.05, 3.63) is 21.9 Å². The fourth-order valence-corrected chi connectivity index (χ4v) is 3.72. The molecular formula is C14H24N2O2S. The molecule has 1 aromatic rings. The summed E-state index contributed by atoms with van der Waals surface area (Å²) < 4.78 is 5.47. The minimum absolute atomic E-state index is 0.0544. The number of aliphatic hydroxyl groups is 1. The van der Waals surface area contributed by atoms with E-state index in [2.05, 4.69) is 30.9 Å². The van der Waals surface area contributed by atoms with Gasteiger partial charge in [-0.15, -0.1) is 11.3 Å². The molecule has 1 aliphatic heterocycles. The molecule has 19 heavy (non-hydrogen) atoms. The molecule has 108 valence electrons. The third-order valence-corrected chi connectivity index (χ3v) is 4.84. The van der Waals surface area contributed by atoms with E-state index in [1.54, 1.807) is 11.3 Å². The van der Waals surface area contributed by atoms with Crippen molar-refractivity contribution in [2.75, 3.05) is 26.4 Å². The van der Waals surface area contributed by atoms with Crippen LogP contribution in [0.5, 0.6) is 0 Å². The zero-order valence-corrected chi connectivity index (χ0v) is 12.5. The predicted molar refractivity (Wildman–Crippen MR) is 78.5 cm³/mol. The number of hydrogen-bond acceptors (Lipinski definition) is 5. The lowest BCUT2D eigenvalue weighted by Crippen LogP contribution is -2.53. The van der Waals surface area contributed by atoms with E-state index >= 15 is 0 Å². The first kappa shape index (κ1) is 14.9. The number of ether oxygens (including phenoxy) is 1. The number of nitrogens with two attached hydrogens (primary N) is 1. The van der Waals surface area contributed by atoms with E-state index in [1.807, 2.05) is 0 Å². The van der Waals surface area contributed by atoms with Crippen molar-refractivity contribution >= 4 is 11.3 Å². The molecular weight excluding hydrogens is 260 g/mol. The van der Waals surface area contributed by atoms with Gasteiger partial charge in [0, 0.05) is 22.3 Å². The molecule has 0 bridgehead atoms. The Hall–Kier alpha value is -0.460. The van der Waals surface area contributed by atoms with Crippen LogP contribution in [0.15, 0.2) is 12.1 Å². The standard InChI is InChI=1S/C14H24N2O2S/c1-3-12(15)14(13-5-4-10(2)19-13)16-6-7-18-9-11(16)8-17/h4-5,11-12,14,17H,3,6-9,15H2,1-2H3. The van der Waals surface area contributed by atoms with Crippen LogP contribution >= 0.6 is 11.3 Å². The normalized spacial score (nSPS) is 24.3. The van der Waals surface area contributed by atoms with Crippen molar-refractivity contribution in [1.29, 1.82) is 0 Å². The summed E-state index contributed by atoms with van der Waals surface area (Å²) in [6, 6.07) is 4.64. The fourth-order valence-electron chi connectivity index (χ4n) is 2.65. The van der Waals surface area contributed by atoms with Crippen molar-refractivity contribution < 1.29 is 9.84 Å². The summed E-state index contributed by atoms with van der Waals surface area (Å²) in [5.41, 5.74) is 6.35. The number of hydrogen-bond donors (Lipinski definition) is 2. The molecule has 3 N–H and O–H groups in total. The molecule has 4 nitrogen and oxygen atoms in total. The van der Waals surface area contributed by atoms with Crippen LogP contribution in [0.4, 0.5) is 0 Å². The Balaban J connectivity index is 2.26. The van der Waals surface area contributed by atoms with Gasteiger partial charge in [-0.05, 0) is 25.5 Å². The van der Waals surface area contributed by atoms with E-state index in [-0.39, 0.29) is 24.7 Å². The van der Waals surface area contributed by atoms with Crippen LogP contribution < -0.4 is 5.73 Å². The number of aliphatic hydroxyl groups excluding tert-OH is 1. The van der Waals surface area contributed by atoms with Gasteiger partial charge in [0.15, 0.2) is 0 Å². The Morgan fingerprint density at radius 2 is 2.37 bits per heavy atom. The minimum Gasteiger partial charge on any atom is -0.395 e. The van der Waals surface area contributed by atoms with Gasteiger partial charge in [-0.2, -0.15) is 0 Å². The lowest BCUT2D eigenvalue weighted by atomic mass is 10.0. The molecule has 0 saturated carbocycles. The van der Waals surface area contributed by atoms with Gasteiger partial charge in [0.05, 0.1) is 31.9 Å². The summed E-state index contributed by atoms with van der Waals surface area (Å²) in [5.74, 6) is 0. The highest BCUT2D eigenvalue weighted by atomic mass is 32.1. The van der Waals surface area contributed by atoms with E-state index in [9.17, 15) is 5.11 Å². The van der Waals surface area contributed by atoms with E-state index in [1.165, 1.54) is 9.75 Å². The second kappa shape index (κ2) is 6.81. The monoisotopic (exact) mass is 284 g/mol. The summed E-state index contributed by atoms with van der Waals surface area (Å²) in [6.45, 7) is 6.50. The summed E-state index contributed by atoms with van der Waals surface area (Å²) in [5, 5.41) is 9.56. The first-order chi connectivity index (χ1) is 9.17. The second-order valence-corrected chi connectivity index (χ2v) is 6.43. The van der Waals surface area contributed by atoms with Gasteiger partial charge in [0.25, 0.3) is 0 Å². The molecule has 1 aliphatic rings. The zero-order valence-electron chi connectivity index (χ0n) is 11.7. The van der Waals surface area contributed by atoms with Crippen molar-refractivity contribution in [2.24, 2.45) is 5.73 Å². The highest BCUT2D eigenvalue weighted by Gasteiger charge is 2.33. The maximum absolute atomic E-state index is 9.56. The molecule has 1 aromatic heterocycles. The summed E-state index contributed by atoms with van der Waals surface area (Å²) >= 11 is 1.80. The number of nitrogens with zero attached hydrogens (tertiary/aromatic N) is 1. The summed E-state index contributed by atoms with van der Waals surface area (Å²) in [6.07, 6.45) is 0.928. The third kappa shape index (κ3) is 3.35. The lowest BCUT2D eigenvalue weighted by molar-refractivity contribution is -0.0521. The average Bonchev–Trinajstić information content (AvgIpc) is 2.85. The van der Waals surface area contributed by atoms with Crippen LogP contribution in [-0.4, -0.2) is 48.5 Å². The smallest absolute Gasteiger partial charge is 0.0645 e. The molecule has 0 radical (unpaired) electrons. The molecule has 0 aromatic carbocycles. The summed E-state index contributed by atoms with van der Waals surface area (Å²) in [7, 11) is 0. The molecule has 3 unspecified atom stereocenters. The molecule has 1 saturated heterocycles. The van der Waals surface area contributed by atoms with Crippen LogP contribution in [0.3, 0.4) is 0 Å². The fraction of sp³-hybridized carbons (Fsp3) is 0.714. The topological polar surface area (TPSA) is 58.7 Å². The highest BCUT2D eigenvalue weighted by Crippen LogP contribution is 2.32. The first-order valence-electron chi connectivity index (χ1n) is 6.93.